The van der Waals surface area contributed by atoms with E-state index in [4.69, 9.17) is 0 Å². The molecular formula is C16H27N3. The fourth-order valence-electron chi connectivity index (χ4n) is 2.53. The van der Waals surface area contributed by atoms with Crippen LogP contribution in [0.4, 0.5) is 5.82 Å². The van der Waals surface area contributed by atoms with E-state index >= 15 is 0 Å². The molecule has 0 radical (unpaired) electrons. The van der Waals surface area contributed by atoms with E-state index in [-0.39, 0.29) is 0 Å². The molecule has 1 aromatic heterocycles. The molecule has 1 saturated carbocycles. The average molecular weight is 261 g/mol. The van der Waals surface area contributed by atoms with Crippen LogP contribution in [0.15, 0.2) is 18.3 Å². The lowest BCUT2D eigenvalue weighted by atomic mass is 9.85. The second kappa shape index (κ2) is 7.49. The molecule has 0 aromatic carbocycles. The van der Waals surface area contributed by atoms with Crippen molar-refractivity contribution in [1.82, 2.24) is 9.88 Å². The molecule has 0 amide bonds. The van der Waals surface area contributed by atoms with E-state index in [2.05, 4.69) is 41.2 Å². The molecule has 1 heterocycles. The molecule has 0 unspecified atom stereocenters. The first-order chi connectivity index (χ1) is 9.31. The SMILES string of the molecule is CCCNc1cc(CN(CC)CC2CCC2)ccn1. The summed E-state index contributed by atoms with van der Waals surface area (Å²) in [5, 5.41) is 3.36. The number of nitrogens with one attached hydrogen (secondary N) is 1. The van der Waals surface area contributed by atoms with Crippen molar-refractivity contribution in [3.05, 3.63) is 23.9 Å². The molecule has 3 nitrogen and oxygen atoms in total. The Hall–Kier alpha value is -1.09. The van der Waals surface area contributed by atoms with Gasteiger partial charge in [0.1, 0.15) is 5.82 Å². The predicted molar refractivity (Wildman–Crippen MR) is 81.3 cm³/mol. The van der Waals surface area contributed by atoms with Crippen LogP contribution >= 0.6 is 0 Å². The zero-order chi connectivity index (χ0) is 13.5. The summed E-state index contributed by atoms with van der Waals surface area (Å²) < 4.78 is 0. The summed E-state index contributed by atoms with van der Waals surface area (Å²) in [6, 6.07) is 4.33. The van der Waals surface area contributed by atoms with Gasteiger partial charge in [-0.1, -0.05) is 20.3 Å². The molecular weight excluding hydrogens is 234 g/mol. The van der Waals surface area contributed by atoms with E-state index in [0.717, 1.165) is 37.8 Å². The smallest absolute Gasteiger partial charge is 0.126 e. The standard InChI is InChI=1S/C16H27N3/c1-3-9-17-16-11-15(8-10-18-16)13-19(4-2)12-14-6-5-7-14/h8,10-11,14H,3-7,9,12-13H2,1-2H3,(H,17,18). The first kappa shape index (κ1) is 14.3. The molecule has 1 N–H and O–H groups in total. The first-order valence-corrected chi connectivity index (χ1v) is 7.73. The molecule has 1 fully saturated rings. The van der Waals surface area contributed by atoms with Gasteiger partial charge in [0.15, 0.2) is 0 Å². The van der Waals surface area contributed by atoms with Crippen molar-refractivity contribution in [1.29, 1.82) is 0 Å². The molecule has 0 bridgehead atoms. The van der Waals surface area contributed by atoms with Gasteiger partial charge in [0.25, 0.3) is 0 Å². The fraction of sp³-hybridized carbons (Fsp3) is 0.688. The van der Waals surface area contributed by atoms with Gasteiger partial charge in [0, 0.05) is 25.8 Å². The van der Waals surface area contributed by atoms with Crippen molar-refractivity contribution in [2.24, 2.45) is 5.92 Å². The summed E-state index contributed by atoms with van der Waals surface area (Å²) in [7, 11) is 0. The van der Waals surface area contributed by atoms with Crippen molar-refractivity contribution in [2.75, 3.05) is 25.0 Å². The van der Waals surface area contributed by atoms with E-state index in [1.165, 1.54) is 31.4 Å². The molecule has 2 rings (SSSR count). The molecule has 0 spiro atoms. The van der Waals surface area contributed by atoms with E-state index in [9.17, 15) is 0 Å². The van der Waals surface area contributed by atoms with Crippen LogP contribution in [0.5, 0.6) is 0 Å². The molecule has 0 saturated heterocycles. The topological polar surface area (TPSA) is 28.2 Å². The monoisotopic (exact) mass is 261 g/mol. The molecule has 106 valence electrons. The third-order valence-electron chi connectivity index (χ3n) is 3.98. The summed E-state index contributed by atoms with van der Waals surface area (Å²) in [5.74, 6) is 1.96. The molecule has 1 aliphatic carbocycles. The quantitative estimate of drug-likeness (QED) is 0.776. The highest BCUT2D eigenvalue weighted by molar-refractivity contribution is 5.37. The highest BCUT2D eigenvalue weighted by Crippen LogP contribution is 2.27. The minimum Gasteiger partial charge on any atom is -0.370 e. The van der Waals surface area contributed by atoms with Crippen molar-refractivity contribution in [2.45, 2.75) is 46.1 Å². The van der Waals surface area contributed by atoms with Gasteiger partial charge >= 0.3 is 0 Å². The van der Waals surface area contributed by atoms with Crippen molar-refractivity contribution in [3.8, 4) is 0 Å². The van der Waals surface area contributed by atoms with Crippen molar-refractivity contribution < 1.29 is 0 Å². The Morgan fingerprint density at radius 3 is 2.84 bits per heavy atom. The largest absolute Gasteiger partial charge is 0.370 e. The minimum absolute atomic E-state index is 0.944. The Morgan fingerprint density at radius 2 is 2.21 bits per heavy atom. The first-order valence-electron chi connectivity index (χ1n) is 7.73. The lowest BCUT2D eigenvalue weighted by molar-refractivity contribution is 0.178. The van der Waals surface area contributed by atoms with Gasteiger partial charge in [0.05, 0.1) is 0 Å². The number of aromatic nitrogens is 1. The molecule has 3 heteroatoms. The van der Waals surface area contributed by atoms with E-state index in [1.807, 2.05) is 6.20 Å². The van der Waals surface area contributed by atoms with Crippen LogP contribution in [-0.2, 0) is 6.54 Å². The Balaban J connectivity index is 1.88. The van der Waals surface area contributed by atoms with Crippen LogP contribution < -0.4 is 5.32 Å². The Bertz CT molecular complexity index is 374. The molecule has 1 aromatic rings. The predicted octanol–water partition coefficient (Wildman–Crippen LogP) is 3.53. The fourth-order valence-corrected chi connectivity index (χ4v) is 2.53. The van der Waals surface area contributed by atoms with Gasteiger partial charge < -0.3 is 5.32 Å². The maximum Gasteiger partial charge on any atom is 0.126 e. The number of pyridine rings is 1. The highest BCUT2D eigenvalue weighted by Gasteiger charge is 2.19. The lowest BCUT2D eigenvalue weighted by Gasteiger charge is -2.31. The van der Waals surface area contributed by atoms with Gasteiger partial charge in [-0.3, -0.25) is 4.90 Å². The molecule has 0 atom stereocenters. The van der Waals surface area contributed by atoms with Gasteiger partial charge in [-0.15, -0.1) is 0 Å². The third-order valence-corrected chi connectivity index (χ3v) is 3.98. The van der Waals surface area contributed by atoms with E-state index in [0.29, 0.717) is 0 Å². The van der Waals surface area contributed by atoms with E-state index < -0.39 is 0 Å². The minimum atomic E-state index is 0.944. The van der Waals surface area contributed by atoms with Crippen LogP contribution in [0.2, 0.25) is 0 Å². The Morgan fingerprint density at radius 1 is 1.37 bits per heavy atom. The van der Waals surface area contributed by atoms with Crippen LogP contribution in [0.3, 0.4) is 0 Å². The van der Waals surface area contributed by atoms with Crippen LogP contribution in [-0.4, -0.2) is 29.5 Å². The highest BCUT2D eigenvalue weighted by atomic mass is 15.1. The number of hydrogen-bond donors (Lipinski definition) is 1. The average Bonchev–Trinajstić information content (AvgIpc) is 2.39. The summed E-state index contributed by atoms with van der Waals surface area (Å²) >= 11 is 0. The van der Waals surface area contributed by atoms with Crippen molar-refractivity contribution >= 4 is 5.82 Å². The second-order valence-electron chi connectivity index (χ2n) is 5.60. The van der Waals surface area contributed by atoms with Gasteiger partial charge in [-0.2, -0.15) is 0 Å². The maximum atomic E-state index is 4.37. The number of hydrogen-bond acceptors (Lipinski definition) is 3. The molecule has 19 heavy (non-hydrogen) atoms. The van der Waals surface area contributed by atoms with Crippen LogP contribution in [0.1, 0.15) is 45.1 Å². The number of anilines is 1. The third kappa shape index (κ3) is 4.50. The van der Waals surface area contributed by atoms with Crippen LogP contribution in [0.25, 0.3) is 0 Å². The van der Waals surface area contributed by atoms with Gasteiger partial charge in [0.2, 0.25) is 0 Å². The Kier molecular flexibility index (Phi) is 5.64. The summed E-state index contributed by atoms with van der Waals surface area (Å²) in [6.45, 7) is 8.88. The zero-order valence-electron chi connectivity index (χ0n) is 12.4. The van der Waals surface area contributed by atoms with Gasteiger partial charge in [-0.25, -0.2) is 4.98 Å². The lowest BCUT2D eigenvalue weighted by Crippen LogP contribution is -2.32. The van der Waals surface area contributed by atoms with Crippen LogP contribution in [0, 0.1) is 5.92 Å². The normalized spacial score (nSPS) is 15.5. The molecule has 1 aliphatic rings. The zero-order valence-corrected chi connectivity index (χ0v) is 12.4. The van der Waals surface area contributed by atoms with Crippen molar-refractivity contribution in [3.63, 3.8) is 0 Å². The summed E-state index contributed by atoms with van der Waals surface area (Å²) in [4.78, 5) is 6.93. The maximum absolute atomic E-state index is 4.37. The second-order valence-corrected chi connectivity index (χ2v) is 5.60. The number of rotatable bonds is 8. The summed E-state index contributed by atoms with van der Waals surface area (Å²) in [6.07, 6.45) is 7.34. The van der Waals surface area contributed by atoms with E-state index in [1.54, 1.807) is 0 Å². The summed E-state index contributed by atoms with van der Waals surface area (Å²) in [5.41, 5.74) is 1.37. The number of nitrogens with zero attached hydrogens (tertiary/aromatic N) is 2. The Labute approximate surface area is 117 Å². The molecule has 0 aliphatic heterocycles. The van der Waals surface area contributed by atoms with Gasteiger partial charge in [-0.05, 0) is 49.4 Å².